The Labute approximate surface area is 294 Å². The van der Waals surface area contributed by atoms with Gasteiger partial charge in [0.2, 0.25) is 0 Å². The van der Waals surface area contributed by atoms with Crippen LogP contribution < -0.4 is 0 Å². The Morgan fingerprint density at radius 2 is 0.617 bits per heavy atom. The zero-order valence-corrected chi connectivity index (χ0v) is 31.9. The number of unbranched alkanes of at least 4 members (excludes halogenated alkanes) is 26. The Hall–Kier alpha value is -0.240. The van der Waals surface area contributed by atoms with E-state index in [1.54, 1.807) is 0 Å². The minimum Gasteiger partial charge on any atom is -0.394 e. The molecule has 1 N–H and O–H groups in total. The molecule has 0 aliphatic heterocycles. The van der Waals surface area contributed by atoms with E-state index in [1.807, 2.05) is 0 Å². The standard InChI is InChI=1S/C41H84O6/c1-3-5-7-9-11-13-15-17-19-21-23-25-27-29-32-45-39-41(40-46-38-37-44-36-35-43-34-31-42)47-33-30-28-26-24-22-20-18-16-14-12-10-8-6-4-2/h41-42H,3-40H2,1-2H3. The molecular weight excluding hydrogens is 588 g/mol. The Morgan fingerprint density at radius 1 is 0.319 bits per heavy atom. The molecule has 1 unspecified atom stereocenters. The fraction of sp³-hybridized carbons (Fsp3) is 1.00. The Kier molecular flexibility index (Phi) is 43.6. The molecular formula is C41H84O6. The van der Waals surface area contributed by atoms with Crippen molar-refractivity contribution < 1.29 is 28.8 Å². The van der Waals surface area contributed by atoms with E-state index in [4.69, 9.17) is 28.8 Å². The van der Waals surface area contributed by atoms with Gasteiger partial charge in [-0.1, -0.05) is 181 Å². The summed E-state index contributed by atoms with van der Waals surface area (Å²) in [6.07, 6.45) is 38.4. The Balaban J connectivity index is 3.84. The summed E-state index contributed by atoms with van der Waals surface area (Å²) in [6.45, 7) is 9.82. The van der Waals surface area contributed by atoms with Crippen molar-refractivity contribution in [2.24, 2.45) is 0 Å². The summed E-state index contributed by atoms with van der Waals surface area (Å²) in [4.78, 5) is 0. The van der Waals surface area contributed by atoms with Gasteiger partial charge in [0.1, 0.15) is 6.10 Å². The van der Waals surface area contributed by atoms with Crippen LogP contribution in [0.15, 0.2) is 0 Å². The summed E-state index contributed by atoms with van der Waals surface area (Å²) in [6, 6.07) is 0. The number of ether oxygens (including phenoxy) is 5. The molecule has 0 aliphatic carbocycles. The van der Waals surface area contributed by atoms with Crippen LogP contribution in [0.4, 0.5) is 0 Å². The molecule has 0 aliphatic rings. The van der Waals surface area contributed by atoms with Gasteiger partial charge in [-0.15, -0.1) is 0 Å². The molecule has 1 atom stereocenters. The van der Waals surface area contributed by atoms with Crippen LogP contribution >= 0.6 is 0 Å². The molecule has 0 spiro atoms. The highest BCUT2D eigenvalue weighted by atomic mass is 16.6. The third kappa shape index (κ3) is 41.8. The highest BCUT2D eigenvalue weighted by Gasteiger charge is 2.10. The van der Waals surface area contributed by atoms with Crippen molar-refractivity contribution >= 4 is 0 Å². The SMILES string of the molecule is CCCCCCCCCCCCCCCCOCC(COCCOCCOCCO)OCCCCCCCCCCCCCCCC. The van der Waals surface area contributed by atoms with E-state index in [-0.39, 0.29) is 12.7 Å². The molecule has 0 aromatic heterocycles. The van der Waals surface area contributed by atoms with E-state index in [2.05, 4.69) is 13.8 Å². The molecule has 47 heavy (non-hydrogen) atoms. The number of rotatable bonds is 43. The highest BCUT2D eigenvalue weighted by Crippen LogP contribution is 2.14. The van der Waals surface area contributed by atoms with Gasteiger partial charge >= 0.3 is 0 Å². The van der Waals surface area contributed by atoms with Crippen molar-refractivity contribution in [1.82, 2.24) is 0 Å². The maximum atomic E-state index is 8.75. The van der Waals surface area contributed by atoms with Gasteiger partial charge in [0.25, 0.3) is 0 Å². The minimum atomic E-state index is -0.0171. The first-order valence-corrected chi connectivity index (χ1v) is 20.9. The van der Waals surface area contributed by atoms with Crippen LogP contribution in [0.3, 0.4) is 0 Å². The van der Waals surface area contributed by atoms with Crippen molar-refractivity contribution in [2.45, 2.75) is 200 Å². The predicted molar refractivity (Wildman–Crippen MR) is 201 cm³/mol. The van der Waals surface area contributed by atoms with Gasteiger partial charge in [-0.25, -0.2) is 0 Å². The number of hydrogen-bond donors (Lipinski definition) is 1. The Morgan fingerprint density at radius 3 is 1.00 bits per heavy atom. The smallest absolute Gasteiger partial charge is 0.104 e. The zero-order valence-electron chi connectivity index (χ0n) is 31.9. The average molecular weight is 673 g/mol. The van der Waals surface area contributed by atoms with Crippen LogP contribution in [0, 0.1) is 0 Å². The second-order valence-corrected chi connectivity index (χ2v) is 13.8. The maximum absolute atomic E-state index is 8.75. The molecule has 0 bridgehead atoms. The van der Waals surface area contributed by atoms with Gasteiger partial charge in [0, 0.05) is 13.2 Å². The van der Waals surface area contributed by atoms with Crippen molar-refractivity contribution in [1.29, 1.82) is 0 Å². The van der Waals surface area contributed by atoms with Crippen LogP contribution in [0.25, 0.3) is 0 Å². The molecule has 284 valence electrons. The molecule has 6 nitrogen and oxygen atoms in total. The highest BCUT2D eigenvalue weighted by molar-refractivity contribution is 4.57. The molecule has 0 aromatic rings. The molecule has 0 amide bonds. The summed E-state index contributed by atoms with van der Waals surface area (Å²) >= 11 is 0. The van der Waals surface area contributed by atoms with E-state index in [9.17, 15) is 0 Å². The summed E-state index contributed by atoms with van der Waals surface area (Å²) in [7, 11) is 0. The lowest BCUT2D eigenvalue weighted by Crippen LogP contribution is -2.27. The first-order valence-electron chi connectivity index (χ1n) is 20.9. The van der Waals surface area contributed by atoms with Gasteiger partial charge < -0.3 is 28.8 Å². The summed E-state index contributed by atoms with van der Waals surface area (Å²) in [5.74, 6) is 0. The fourth-order valence-corrected chi connectivity index (χ4v) is 6.02. The van der Waals surface area contributed by atoms with Gasteiger partial charge in [0.05, 0.1) is 52.9 Å². The largest absolute Gasteiger partial charge is 0.394 e. The lowest BCUT2D eigenvalue weighted by molar-refractivity contribution is -0.0698. The molecule has 0 heterocycles. The summed E-state index contributed by atoms with van der Waals surface area (Å²) in [5, 5.41) is 8.75. The van der Waals surface area contributed by atoms with Crippen LogP contribution in [0.5, 0.6) is 0 Å². The molecule has 0 saturated heterocycles. The van der Waals surface area contributed by atoms with E-state index >= 15 is 0 Å². The first kappa shape index (κ1) is 46.8. The molecule has 0 fully saturated rings. The minimum absolute atomic E-state index is 0.0171. The van der Waals surface area contributed by atoms with E-state index in [0.717, 1.165) is 26.1 Å². The second kappa shape index (κ2) is 43.8. The quantitative estimate of drug-likeness (QED) is 0.0650. The van der Waals surface area contributed by atoms with Crippen LogP contribution in [-0.4, -0.2) is 77.3 Å². The molecule has 6 heteroatoms. The van der Waals surface area contributed by atoms with E-state index < -0.39 is 0 Å². The number of hydrogen-bond acceptors (Lipinski definition) is 6. The van der Waals surface area contributed by atoms with Crippen molar-refractivity contribution in [3.63, 3.8) is 0 Å². The summed E-state index contributed by atoms with van der Waals surface area (Å²) in [5.41, 5.74) is 0. The molecule has 0 radical (unpaired) electrons. The Bertz CT molecular complexity index is 534. The predicted octanol–water partition coefficient (Wildman–Crippen LogP) is 11.4. The second-order valence-electron chi connectivity index (χ2n) is 13.8. The van der Waals surface area contributed by atoms with Gasteiger partial charge in [-0.05, 0) is 12.8 Å². The van der Waals surface area contributed by atoms with E-state index in [0.29, 0.717) is 46.2 Å². The van der Waals surface area contributed by atoms with Crippen LogP contribution in [0.2, 0.25) is 0 Å². The maximum Gasteiger partial charge on any atom is 0.104 e. The van der Waals surface area contributed by atoms with E-state index in [1.165, 1.54) is 167 Å². The number of aliphatic hydroxyl groups is 1. The van der Waals surface area contributed by atoms with Crippen molar-refractivity contribution in [3.05, 3.63) is 0 Å². The molecule has 0 aromatic carbocycles. The van der Waals surface area contributed by atoms with Crippen LogP contribution in [0.1, 0.15) is 194 Å². The van der Waals surface area contributed by atoms with Crippen molar-refractivity contribution in [2.75, 3.05) is 66.1 Å². The third-order valence-electron chi connectivity index (χ3n) is 9.08. The number of aliphatic hydroxyl groups excluding tert-OH is 1. The lowest BCUT2D eigenvalue weighted by Gasteiger charge is -2.18. The normalized spacial score (nSPS) is 12.3. The zero-order chi connectivity index (χ0) is 34.0. The first-order chi connectivity index (χ1) is 23.3. The average Bonchev–Trinajstić information content (AvgIpc) is 3.08. The monoisotopic (exact) mass is 673 g/mol. The van der Waals surface area contributed by atoms with Crippen molar-refractivity contribution in [3.8, 4) is 0 Å². The van der Waals surface area contributed by atoms with Gasteiger partial charge in [-0.2, -0.15) is 0 Å². The van der Waals surface area contributed by atoms with Gasteiger partial charge in [-0.3, -0.25) is 0 Å². The lowest BCUT2D eigenvalue weighted by atomic mass is 10.0. The fourth-order valence-electron chi connectivity index (χ4n) is 6.02. The summed E-state index contributed by atoms with van der Waals surface area (Å²) < 4.78 is 28.9. The third-order valence-corrected chi connectivity index (χ3v) is 9.08. The molecule has 0 rings (SSSR count). The van der Waals surface area contributed by atoms with Gasteiger partial charge in [0.15, 0.2) is 0 Å². The molecule has 0 saturated carbocycles. The van der Waals surface area contributed by atoms with Crippen LogP contribution in [-0.2, 0) is 23.7 Å². The topological polar surface area (TPSA) is 66.4 Å².